The van der Waals surface area contributed by atoms with Crippen molar-refractivity contribution in [2.75, 3.05) is 14.2 Å². The zero-order chi connectivity index (χ0) is 15.5. The Morgan fingerprint density at radius 3 is 2.15 bits per heavy atom. The lowest BCUT2D eigenvalue weighted by Gasteiger charge is -2.28. The molecule has 0 aliphatic heterocycles. The molecular weight excluding hydrogens is 346 g/mol. The molecule has 7 heteroatoms. The monoisotopic (exact) mass is 363 g/mol. The molecule has 20 heavy (non-hydrogen) atoms. The van der Waals surface area contributed by atoms with Gasteiger partial charge < -0.3 is 4.74 Å². The van der Waals surface area contributed by atoms with E-state index in [9.17, 15) is 13.2 Å². The van der Waals surface area contributed by atoms with E-state index in [2.05, 4.69) is 15.9 Å². The molecule has 0 heterocycles. The number of ether oxygens (including phenoxy) is 1. The van der Waals surface area contributed by atoms with Crippen molar-refractivity contribution in [2.45, 2.75) is 24.8 Å². The Morgan fingerprint density at radius 2 is 1.75 bits per heavy atom. The molecule has 1 aromatic rings. The summed E-state index contributed by atoms with van der Waals surface area (Å²) < 4.78 is 31.6. The minimum atomic E-state index is -3.74. The number of methoxy groups -OCH3 is 1. The van der Waals surface area contributed by atoms with E-state index in [1.54, 1.807) is 26.0 Å². The first-order valence-corrected chi connectivity index (χ1v) is 8.26. The van der Waals surface area contributed by atoms with E-state index in [0.717, 1.165) is 8.78 Å². The van der Waals surface area contributed by atoms with Gasteiger partial charge in [0.1, 0.15) is 6.04 Å². The van der Waals surface area contributed by atoms with Crippen LogP contribution >= 0.6 is 15.9 Å². The minimum Gasteiger partial charge on any atom is -0.468 e. The van der Waals surface area contributed by atoms with Crippen molar-refractivity contribution in [3.05, 3.63) is 28.7 Å². The smallest absolute Gasteiger partial charge is 0.324 e. The van der Waals surface area contributed by atoms with Crippen LogP contribution in [0.2, 0.25) is 0 Å². The van der Waals surface area contributed by atoms with Crippen LogP contribution in [0, 0.1) is 5.92 Å². The van der Waals surface area contributed by atoms with Crippen molar-refractivity contribution in [3.63, 3.8) is 0 Å². The molecule has 1 unspecified atom stereocenters. The van der Waals surface area contributed by atoms with Gasteiger partial charge in [0.2, 0.25) is 10.0 Å². The van der Waals surface area contributed by atoms with Crippen LogP contribution in [0.1, 0.15) is 13.8 Å². The van der Waals surface area contributed by atoms with Gasteiger partial charge in [-0.2, -0.15) is 4.31 Å². The average Bonchev–Trinajstić information content (AvgIpc) is 2.38. The Hall–Kier alpha value is -0.920. The highest BCUT2D eigenvalue weighted by Crippen LogP contribution is 2.22. The molecule has 0 amide bonds. The Kier molecular flexibility index (Phi) is 5.73. The maximum absolute atomic E-state index is 12.5. The van der Waals surface area contributed by atoms with Gasteiger partial charge in [0.05, 0.1) is 12.0 Å². The number of benzene rings is 1. The lowest BCUT2D eigenvalue weighted by Crippen LogP contribution is -2.46. The summed E-state index contributed by atoms with van der Waals surface area (Å²) in [6.07, 6.45) is 0. The van der Waals surface area contributed by atoms with Crippen LogP contribution in [-0.2, 0) is 19.6 Å². The maximum atomic E-state index is 12.5. The summed E-state index contributed by atoms with van der Waals surface area (Å²) in [6.45, 7) is 3.55. The number of carbonyl (C=O) groups excluding carboxylic acids is 1. The van der Waals surface area contributed by atoms with Crippen molar-refractivity contribution in [3.8, 4) is 0 Å². The predicted molar refractivity (Wildman–Crippen MR) is 79.7 cm³/mol. The number of rotatable bonds is 5. The van der Waals surface area contributed by atoms with Gasteiger partial charge in [-0.1, -0.05) is 29.8 Å². The van der Waals surface area contributed by atoms with Gasteiger partial charge in [-0.15, -0.1) is 0 Å². The molecule has 1 aromatic carbocycles. The molecule has 0 radical (unpaired) electrons. The molecule has 5 nitrogen and oxygen atoms in total. The zero-order valence-electron chi connectivity index (χ0n) is 11.8. The number of hydrogen-bond donors (Lipinski definition) is 0. The number of hydrogen-bond acceptors (Lipinski definition) is 4. The fourth-order valence-corrected chi connectivity index (χ4v) is 3.59. The third-order valence-corrected chi connectivity index (χ3v) is 5.34. The second-order valence-corrected chi connectivity index (χ2v) is 7.60. The maximum Gasteiger partial charge on any atom is 0.324 e. The number of esters is 1. The van der Waals surface area contributed by atoms with Gasteiger partial charge >= 0.3 is 5.97 Å². The van der Waals surface area contributed by atoms with E-state index in [4.69, 9.17) is 4.74 Å². The molecule has 1 atom stereocenters. The molecule has 0 saturated heterocycles. The van der Waals surface area contributed by atoms with Crippen LogP contribution in [0.25, 0.3) is 0 Å². The van der Waals surface area contributed by atoms with E-state index in [1.165, 1.54) is 26.3 Å². The highest BCUT2D eigenvalue weighted by Gasteiger charge is 2.35. The SMILES string of the molecule is COC(=O)C(C(C)C)N(C)S(=O)(=O)c1ccc(Br)cc1. The van der Waals surface area contributed by atoms with Crippen LogP contribution in [0.5, 0.6) is 0 Å². The van der Waals surface area contributed by atoms with Gasteiger partial charge in [0.25, 0.3) is 0 Å². The molecule has 0 bridgehead atoms. The molecular formula is C13H18BrNO4S. The van der Waals surface area contributed by atoms with Crippen LogP contribution in [-0.4, -0.2) is 38.9 Å². The van der Waals surface area contributed by atoms with Gasteiger partial charge in [0.15, 0.2) is 0 Å². The number of halogens is 1. The minimum absolute atomic E-state index is 0.137. The van der Waals surface area contributed by atoms with Gasteiger partial charge in [-0.05, 0) is 30.2 Å². The summed E-state index contributed by atoms with van der Waals surface area (Å²) in [7, 11) is -1.11. The van der Waals surface area contributed by atoms with Crippen molar-refractivity contribution in [2.24, 2.45) is 5.92 Å². The molecule has 0 fully saturated rings. The van der Waals surface area contributed by atoms with Gasteiger partial charge in [0, 0.05) is 11.5 Å². The molecule has 112 valence electrons. The number of likely N-dealkylation sites (N-methyl/N-ethyl adjacent to an activating group) is 1. The fourth-order valence-electron chi connectivity index (χ4n) is 1.88. The first-order chi connectivity index (χ1) is 9.21. The number of nitrogens with zero attached hydrogens (tertiary/aromatic N) is 1. The Bertz CT molecular complexity index is 569. The predicted octanol–water partition coefficient (Wildman–Crippen LogP) is 2.27. The van der Waals surface area contributed by atoms with Gasteiger partial charge in [-0.25, -0.2) is 8.42 Å². The summed E-state index contributed by atoms with van der Waals surface area (Å²) in [6, 6.07) is 5.41. The number of carbonyl (C=O) groups is 1. The lowest BCUT2D eigenvalue weighted by molar-refractivity contribution is -0.146. The normalized spacial score (nSPS) is 13.6. The quantitative estimate of drug-likeness (QED) is 0.752. The third-order valence-electron chi connectivity index (χ3n) is 2.96. The van der Waals surface area contributed by atoms with Crippen molar-refractivity contribution in [1.29, 1.82) is 0 Å². The standard InChI is InChI=1S/C13H18BrNO4S/c1-9(2)12(13(16)19-4)15(3)20(17,18)11-7-5-10(14)6-8-11/h5-9,12H,1-4H3. The lowest BCUT2D eigenvalue weighted by atomic mass is 10.1. The van der Waals surface area contributed by atoms with Crippen molar-refractivity contribution in [1.82, 2.24) is 4.31 Å². The molecule has 1 rings (SSSR count). The van der Waals surface area contributed by atoms with Crippen LogP contribution in [0.4, 0.5) is 0 Å². The van der Waals surface area contributed by atoms with Crippen LogP contribution in [0.3, 0.4) is 0 Å². The van der Waals surface area contributed by atoms with E-state index in [1.807, 2.05) is 0 Å². The first kappa shape index (κ1) is 17.1. The van der Waals surface area contributed by atoms with Crippen molar-refractivity contribution < 1.29 is 17.9 Å². The Balaban J connectivity index is 3.19. The van der Waals surface area contributed by atoms with E-state index >= 15 is 0 Å². The third kappa shape index (κ3) is 3.59. The molecule has 0 N–H and O–H groups in total. The summed E-state index contributed by atoms with van der Waals surface area (Å²) in [5, 5.41) is 0. The molecule has 0 saturated carbocycles. The molecule has 0 aliphatic carbocycles. The summed E-state index contributed by atoms with van der Waals surface area (Å²) in [4.78, 5) is 11.9. The molecule has 0 aromatic heterocycles. The highest BCUT2D eigenvalue weighted by atomic mass is 79.9. The topological polar surface area (TPSA) is 63.7 Å². The molecule has 0 spiro atoms. The summed E-state index contributed by atoms with van der Waals surface area (Å²) in [5.41, 5.74) is 0. The van der Waals surface area contributed by atoms with E-state index < -0.39 is 22.0 Å². The number of sulfonamides is 1. The second-order valence-electron chi connectivity index (χ2n) is 4.69. The average molecular weight is 364 g/mol. The first-order valence-electron chi connectivity index (χ1n) is 6.03. The van der Waals surface area contributed by atoms with Crippen molar-refractivity contribution >= 4 is 31.9 Å². The fraction of sp³-hybridized carbons (Fsp3) is 0.462. The second kappa shape index (κ2) is 6.69. The zero-order valence-corrected chi connectivity index (χ0v) is 14.2. The van der Waals surface area contributed by atoms with E-state index in [-0.39, 0.29) is 10.8 Å². The molecule has 0 aliphatic rings. The highest BCUT2D eigenvalue weighted by molar-refractivity contribution is 9.10. The van der Waals surface area contributed by atoms with E-state index in [0.29, 0.717) is 0 Å². The Labute approximate surface area is 128 Å². The summed E-state index contributed by atoms with van der Waals surface area (Å²) >= 11 is 3.25. The van der Waals surface area contributed by atoms with Crippen LogP contribution < -0.4 is 0 Å². The summed E-state index contributed by atoms with van der Waals surface area (Å²) in [5.74, 6) is -0.763. The Morgan fingerprint density at radius 1 is 1.25 bits per heavy atom. The largest absolute Gasteiger partial charge is 0.468 e. The van der Waals surface area contributed by atoms with Gasteiger partial charge in [-0.3, -0.25) is 4.79 Å². The van der Waals surface area contributed by atoms with Crippen LogP contribution in [0.15, 0.2) is 33.6 Å².